The molecule has 0 radical (unpaired) electrons. The van der Waals surface area contributed by atoms with E-state index >= 15 is 0 Å². The van der Waals surface area contributed by atoms with Crippen molar-refractivity contribution in [1.82, 2.24) is 14.9 Å². The normalized spacial score (nSPS) is 10.7. The average Bonchev–Trinajstić information content (AvgIpc) is 2.72. The van der Waals surface area contributed by atoms with Gasteiger partial charge in [0.25, 0.3) is 0 Å². The van der Waals surface area contributed by atoms with Gasteiger partial charge in [0.05, 0.1) is 7.11 Å². The van der Waals surface area contributed by atoms with Crippen LogP contribution in [-0.4, -0.2) is 49.2 Å². The third kappa shape index (κ3) is 5.69. The van der Waals surface area contributed by atoms with E-state index < -0.39 is 0 Å². The highest BCUT2D eigenvalue weighted by atomic mass is 16.5. The molecule has 0 aliphatic carbocycles. The molecule has 0 saturated heterocycles. The Morgan fingerprint density at radius 1 is 0.929 bits per heavy atom. The smallest absolute Gasteiger partial charge is 0.163 e. The average molecular weight is 377 g/mol. The summed E-state index contributed by atoms with van der Waals surface area (Å²) in [6.07, 6.45) is 1.04. The molecule has 0 unspecified atom stereocenters. The Morgan fingerprint density at radius 2 is 1.64 bits per heavy atom. The second-order valence-electron chi connectivity index (χ2n) is 6.77. The monoisotopic (exact) mass is 377 g/mol. The van der Waals surface area contributed by atoms with Crippen LogP contribution in [0.25, 0.3) is 11.4 Å². The highest BCUT2D eigenvalue weighted by Crippen LogP contribution is 2.24. The van der Waals surface area contributed by atoms with Crippen molar-refractivity contribution in [1.29, 1.82) is 0 Å². The van der Waals surface area contributed by atoms with Crippen LogP contribution in [0.1, 0.15) is 6.42 Å². The zero-order valence-electron chi connectivity index (χ0n) is 16.6. The number of aromatic nitrogens is 2. The van der Waals surface area contributed by atoms with E-state index in [-0.39, 0.29) is 0 Å². The van der Waals surface area contributed by atoms with Gasteiger partial charge in [-0.25, -0.2) is 9.97 Å². The van der Waals surface area contributed by atoms with Gasteiger partial charge in [0.1, 0.15) is 17.4 Å². The highest BCUT2D eigenvalue weighted by Gasteiger charge is 2.08. The molecule has 2 aromatic carbocycles. The summed E-state index contributed by atoms with van der Waals surface area (Å²) in [5.74, 6) is 3.06. The standard InChI is InChI=1S/C22H27N5O/c1-27(2)15-7-14-23-20-16-21(24-18-10-12-19(28-3)13-11-18)26-22(25-20)17-8-5-4-6-9-17/h4-6,8-13,16H,7,14-15H2,1-3H3,(H2,23,24,25,26). The lowest BCUT2D eigenvalue weighted by Crippen LogP contribution is -2.16. The summed E-state index contributed by atoms with van der Waals surface area (Å²) < 4.78 is 5.22. The van der Waals surface area contributed by atoms with Gasteiger partial charge in [0.15, 0.2) is 5.82 Å². The Labute approximate surface area is 166 Å². The Kier molecular flexibility index (Phi) is 6.81. The molecule has 146 valence electrons. The molecule has 6 nitrogen and oxygen atoms in total. The lowest BCUT2D eigenvalue weighted by atomic mass is 10.2. The fourth-order valence-corrected chi connectivity index (χ4v) is 2.75. The van der Waals surface area contributed by atoms with E-state index in [1.165, 1.54) is 0 Å². The van der Waals surface area contributed by atoms with Crippen molar-refractivity contribution in [2.24, 2.45) is 0 Å². The number of nitrogens with zero attached hydrogens (tertiary/aromatic N) is 3. The van der Waals surface area contributed by atoms with Gasteiger partial charge >= 0.3 is 0 Å². The summed E-state index contributed by atoms with van der Waals surface area (Å²) in [6.45, 7) is 1.88. The summed E-state index contributed by atoms with van der Waals surface area (Å²) in [6, 6.07) is 19.7. The first-order valence-electron chi connectivity index (χ1n) is 9.38. The zero-order valence-corrected chi connectivity index (χ0v) is 16.6. The van der Waals surface area contributed by atoms with Gasteiger partial charge in [-0.15, -0.1) is 0 Å². The molecule has 0 amide bonds. The van der Waals surface area contributed by atoms with Gasteiger partial charge in [-0.05, 0) is 51.3 Å². The maximum absolute atomic E-state index is 5.22. The third-order valence-corrected chi connectivity index (χ3v) is 4.21. The largest absolute Gasteiger partial charge is 0.497 e. The molecular formula is C22H27N5O. The molecule has 0 bridgehead atoms. The van der Waals surface area contributed by atoms with Crippen LogP contribution >= 0.6 is 0 Å². The van der Waals surface area contributed by atoms with E-state index in [1.54, 1.807) is 7.11 Å². The molecule has 3 rings (SSSR count). The van der Waals surface area contributed by atoms with E-state index in [9.17, 15) is 0 Å². The van der Waals surface area contributed by atoms with Gasteiger partial charge in [-0.2, -0.15) is 0 Å². The molecule has 0 saturated carbocycles. The van der Waals surface area contributed by atoms with Gasteiger partial charge in [-0.3, -0.25) is 0 Å². The van der Waals surface area contributed by atoms with Crippen molar-refractivity contribution >= 4 is 17.3 Å². The number of methoxy groups -OCH3 is 1. The minimum atomic E-state index is 0.689. The molecule has 0 fully saturated rings. The van der Waals surface area contributed by atoms with Crippen LogP contribution in [0, 0.1) is 0 Å². The van der Waals surface area contributed by atoms with Crippen LogP contribution in [0.15, 0.2) is 60.7 Å². The number of hydrogen-bond acceptors (Lipinski definition) is 6. The zero-order chi connectivity index (χ0) is 19.8. The summed E-state index contributed by atoms with van der Waals surface area (Å²) in [5, 5.41) is 6.78. The van der Waals surface area contributed by atoms with E-state index in [2.05, 4.69) is 29.6 Å². The summed E-state index contributed by atoms with van der Waals surface area (Å²) >= 11 is 0. The van der Waals surface area contributed by atoms with Crippen LogP contribution in [0.4, 0.5) is 17.3 Å². The van der Waals surface area contributed by atoms with Gasteiger partial charge < -0.3 is 20.3 Å². The van der Waals surface area contributed by atoms with Crippen molar-refractivity contribution in [3.63, 3.8) is 0 Å². The molecule has 0 atom stereocenters. The first-order chi connectivity index (χ1) is 13.6. The summed E-state index contributed by atoms with van der Waals surface area (Å²) in [7, 11) is 5.82. The number of anilines is 3. The van der Waals surface area contributed by atoms with E-state index in [0.29, 0.717) is 5.82 Å². The molecule has 1 heterocycles. The van der Waals surface area contributed by atoms with Gasteiger partial charge in [0.2, 0.25) is 0 Å². The van der Waals surface area contributed by atoms with Crippen LogP contribution in [0.5, 0.6) is 5.75 Å². The minimum Gasteiger partial charge on any atom is -0.497 e. The number of ether oxygens (including phenoxy) is 1. The number of rotatable bonds is 9. The number of benzene rings is 2. The van der Waals surface area contributed by atoms with Crippen molar-refractivity contribution < 1.29 is 4.74 Å². The SMILES string of the molecule is COc1ccc(Nc2cc(NCCCN(C)C)nc(-c3ccccc3)n2)cc1. The first kappa shape index (κ1) is 19.6. The molecule has 1 aromatic heterocycles. The van der Waals surface area contributed by atoms with E-state index in [1.807, 2.05) is 60.7 Å². The van der Waals surface area contributed by atoms with Crippen LogP contribution < -0.4 is 15.4 Å². The predicted molar refractivity (Wildman–Crippen MR) is 115 cm³/mol. The van der Waals surface area contributed by atoms with Crippen LogP contribution in [-0.2, 0) is 0 Å². The molecule has 2 N–H and O–H groups in total. The lowest BCUT2D eigenvalue weighted by Gasteiger charge is -2.13. The topological polar surface area (TPSA) is 62.3 Å². The Bertz CT molecular complexity index is 866. The predicted octanol–water partition coefficient (Wildman–Crippen LogP) is 4.26. The quantitative estimate of drug-likeness (QED) is 0.543. The lowest BCUT2D eigenvalue weighted by molar-refractivity contribution is 0.405. The molecule has 3 aromatic rings. The molecule has 28 heavy (non-hydrogen) atoms. The number of nitrogens with one attached hydrogen (secondary N) is 2. The van der Waals surface area contributed by atoms with Crippen LogP contribution in [0.2, 0.25) is 0 Å². The molecular weight excluding hydrogens is 350 g/mol. The second-order valence-corrected chi connectivity index (χ2v) is 6.77. The fourth-order valence-electron chi connectivity index (χ4n) is 2.75. The van der Waals surface area contributed by atoms with Crippen molar-refractivity contribution in [2.75, 3.05) is 44.9 Å². The Morgan fingerprint density at radius 3 is 2.32 bits per heavy atom. The third-order valence-electron chi connectivity index (χ3n) is 4.21. The maximum atomic E-state index is 5.22. The van der Waals surface area contributed by atoms with Crippen molar-refractivity contribution in [3.05, 3.63) is 60.7 Å². The van der Waals surface area contributed by atoms with E-state index in [4.69, 9.17) is 14.7 Å². The van der Waals surface area contributed by atoms with Gasteiger partial charge in [0, 0.05) is 23.9 Å². The summed E-state index contributed by atoms with van der Waals surface area (Å²) in [4.78, 5) is 11.6. The summed E-state index contributed by atoms with van der Waals surface area (Å²) in [5.41, 5.74) is 1.93. The first-order valence-corrected chi connectivity index (χ1v) is 9.38. The van der Waals surface area contributed by atoms with Gasteiger partial charge in [-0.1, -0.05) is 30.3 Å². The maximum Gasteiger partial charge on any atom is 0.163 e. The van der Waals surface area contributed by atoms with Crippen LogP contribution in [0.3, 0.4) is 0 Å². The van der Waals surface area contributed by atoms with Crippen molar-refractivity contribution in [2.45, 2.75) is 6.42 Å². The minimum absolute atomic E-state index is 0.689. The molecule has 0 aliphatic rings. The second kappa shape index (κ2) is 9.71. The molecule has 0 spiro atoms. The Balaban J connectivity index is 1.81. The molecule has 6 heteroatoms. The van der Waals surface area contributed by atoms with E-state index in [0.717, 1.165) is 48.1 Å². The number of hydrogen-bond donors (Lipinski definition) is 2. The highest BCUT2D eigenvalue weighted by molar-refractivity contribution is 5.65. The molecule has 0 aliphatic heterocycles. The fraction of sp³-hybridized carbons (Fsp3) is 0.273. The Hall–Kier alpha value is -3.12. The van der Waals surface area contributed by atoms with Crippen molar-refractivity contribution in [3.8, 4) is 17.1 Å².